The average molecular weight is 339 g/mol. The molecule has 2 aromatic rings. The Labute approximate surface area is 148 Å². The highest BCUT2D eigenvalue weighted by molar-refractivity contribution is 5.93. The summed E-state index contributed by atoms with van der Waals surface area (Å²) in [6.45, 7) is 3.88. The lowest BCUT2D eigenvalue weighted by atomic mass is 10.1. The summed E-state index contributed by atoms with van der Waals surface area (Å²) < 4.78 is 1.29. The monoisotopic (exact) mass is 339 g/mol. The number of hydrogen-bond donors (Lipinski definition) is 1. The van der Waals surface area contributed by atoms with Gasteiger partial charge in [-0.3, -0.25) is 9.59 Å². The number of nitrogens with one attached hydrogen (secondary N) is 1. The van der Waals surface area contributed by atoms with Crippen LogP contribution in [0, 0.1) is 0 Å². The number of aryl methyl sites for hydroxylation is 1. The number of benzene rings is 1. The molecule has 5 nitrogen and oxygen atoms in total. The van der Waals surface area contributed by atoms with Crippen molar-refractivity contribution in [2.24, 2.45) is 0 Å². The molecule has 0 radical (unpaired) electrons. The average Bonchev–Trinajstić information content (AvgIpc) is 3.46. The normalized spacial score (nSPS) is 15.0. The van der Waals surface area contributed by atoms with Crippen LogP contribution in [0.2, 0.25) is 0 Å². The van der Waals surface area contributed by atoms with Crippen LogP contribution in [0.15, 0.2) is 41.2 Å². The number of unbranched alkanes of at least 4 members (excludes halogenated alkanes) is 1. The van der Waals surface area contributed by atoms with Gasteiger partial charge in [0.25, 0.3) is 5.56 Å². The highest BCUT2D eigenvalue weighted by Crippen LogP contribution is 2.38. The molecule has 1 fully saturated rings. The third-order valence-corrected chi connectivity index (χ3v) is 4.63. The minimum atomic E-state index is -0.647. The fraction of sp³-hybridized carbons (Fsp3) is 0.450. The molecule has 1 aromatic heterocycles. The van der Waals surface area contributed by atoms with Crippen molar-refractivity contribution >= 4 is 11.6 Å². The van der Waals surface area contributed by atoms with Gasteiger partial charge < -0.3 is 5.32 Å². The van der Waals surface area contributed by atoms with Crippen molar-refractivity contribution in [3.63, 3.8) is 0 Å². The summed E-state index contributed by atoms with van der Waals surface area (Å²) in [6.07, 6.45) is 5.59. The van der Waals surface area contributed by atoms with Crippen LogP contribution in [0.4, 0.5) is 5.69 Å². The maximum absolute atomic E-state index is 12.5. The molecule has 0 bridgehead atoms. The summed E-state index contributed by atoms with van der Waals surface area (Å²) in [4.78, 5) is 24.6. The Hall–Kier alpha value is -2.43. The molecule has 25 heavy (non-hydrogen) atoms. The minimum Gasteiger partial charge on any atom is -0.324 e. The Balaban J connectivity index is 1.68. The predicted octanol–water partition coefficient (Wildman–Crippen LogP) is 3.66. The summed E-state index contributed by atoms with van der Waals surface area (Å²) in [5, 5.41) is 7.26. The number of amides is 1. The first-order valence-corrected chi connectivity index (χ1v) is 9.08. The van der Waals surface area contributed by atoms with E-state index in [0.29, 0.717) is 5.92 Å². The van der Waals surface area contributed by atoms with E-state index in [2.05, 4.69) is 17.3 Å². The fourth-order valence-electron chi connectivity index (χ4n) is 2.81. The first-order chi connectivity index (χ1) is 12.1. The summed E-state index contributed by atoms with van der Waals surface area (Å²) in [5.74, 6) is 0.210. The van der Waals surface area contributed by atoms with E-state index in [0.717, 1.165) is 43.5 Å². The molecule has 5 heteroatoms. The van der Waals surface area contributed by atoms with Gasteiger partial charge in [-0.1, -0.05) is 25.5 Å². The van der Waals surface area contributed by atoms with Crippen molar-refractivity contribution in [2.75, 3.05) is 5.32 Å². The summed E-state index contributed by atoms with van der Waals surface area (Å²) in [7, 11) is 0. The topological polar surface area (TPSA) is 64.0 Å². The number of anilines is 1. The number of hydrogen-bond acceptors (Lipinski definition) is 3. The van der Waals surface area contributed by atoms with Crippen LogP contribution in [-0.4, -0.2) is 15.7 Å². The van der Waals surface area contributed by atoms with Crippen molar-refractivity contribution in [2.45, 2.75) is 57.9 Å². The summed E-state index contributed by atoms with van der Waals surface area (Å²) in [5.41, 5.74) is 2.66. The first kappa shape index (κ1) is 17.4. The quantitative estimate of drug-likeness (QED) is 0.837. The van der Waals surface area contributed by atoms with Crippen LogP contribution in [0.1, 0.15) is 62.7 Å². The van der Waals surface area contributed by atoms with E-state index in [9.17, 15) is 9.59 Å². The molecule has 1 aliphatic rings. The standard InChI is InChI=1S/C20H25N3O2/c1-3-4-5-15-6-10-17(11-7-15)21-20(25)14(2)23-19(24)13-12-18(22-23)16-8-9-16/h6-7,10-14,16H,3-5,8-9H2,1-2H3,(H,21,25). The Morgan fingerprint density at radius 2 is 1.96 bits per heavy atom. The second-order valence-corrected chi connectivity index (χ2v) is 6.78. The molecule has 1 aliphatic carbocycles. The molecule has 3 rings (SSSR count). The molecule has 1 amide bonds. The van der Waals surface area contributed by atoms with E-state index in [4.69, 9.17) is 0 Å². The second kappa shape index (κ2) is 7.64. The maximum atomic E-state index is 12.5. The van der Waals surface area contributed by atoms with Gasteiger partial charge in [-0.2, -0.15) is 5.10 Å². The third-order valence-electron chi connectivity index (χ3n) is 4.63. The number of carbonyl (C=O) groups is 1. The van der Waals surface area contributed by atoms with E-state index in [1.165, 1.54) is 16.3 Å². The van der Waals surface area contributed by atoms with Gasteiger partial charge in [0.2, 0.25) is 5.91 Å². The summed E-state index contributed by atoms with van der Waals surface area (Å²) in [6, 6.07) is 10.5. The molecule has 132 valence electrons. The van der Waals surface area contributed by atoms with Crippen LogP contribution >= 0.6 is 0 Å². The Morgan fingerprint density at radius 1 is 1.24 bits per heavy atom. The molecule has 1 N–H and O–H groups in total. The molecular weight excluding hydrogens is 314 g/mol. The number of rotatable bonds is 7. The van der Waals surface area contributed by atoms with Gasteiger partial charge in [-0.15, -0.1) is 0 Å². The van der Waals surface area contributed by atoms with Gasteiger partial charge in [0.1, 0.15) is 6.04 Å². The Kier molecular flexibility index (Phi) is 5.31. The largest absolute Gasteiger partial charge is 0.324 e. The molecule has 0 spiro atoms. The van der Waals surface area contributed by atoms with Gasteiger partial charge >= 0.3 is 0 Å². The van der Waals surface area contributed by atoms with Crippen LogP contribution in [0.5, 0.6) is 0 Å². The zero-order chi connectivity index (χ0) is 17.8. The molecule has 1 unspecified atom stereocenters. The third kappa shape index (κ3) is 4.35. The maximum Gasteiger partial charge on any atom is 0.267 e. The highest BCUT2D eigenvalue weighted by Gasteiger charge is 2.27. The van der Waals surface area contributed by atoms with E-state index >= 15 is 0 Å². The van der Waals surface area contributed by atoms with Gasteiger partial charge in [0.15, 0.2) is 0 Å². The van der Waals surface area contributed by atoms with Gasteiger partial charge in [0, 0.05) is 17.7 Å². The molecule has 0 saturated heterocycles. The zero-order valence-electron chi connectivity index (χ0n) is 14.9. The van der Waals surface area contributed by atoms with Crippen molar-refractivity contribution in [3.8, 4) is 0 Å². The lowest BCUT2D eigenvalue weighted by Gasteiger charge is -2.15. The zero-order valence-corrected chi connectivity index (χ0v) is 14.9. The first-order valence-electron chi connectivity index (χ1n) is 9.08. The van der Waals surface area contributed by atoms with E-state index in [1.807, 2.05) is 24.3 Å². The van der Waals surface area contributed by atoms with E-state index in [-0.39, 0.29) is 11.5 Å². The van der Waals surface area contributed by atoms with Gasteiger partial charge in [-0.25, -0.2) is 4.68 Å². The molecule has 1 saturated carbocycles. The second-order valence-electron chi connectivity index (χ2n) is 6.78. The summed E-state index contributed by atoms with van der Waals surface area (Å²) >= 11 is 0. The Morgan fingerprint density at radius 3 is 2.60 bits per heavy atom. The van der Waals surface area contributed by atoms with Crippen molar-refractivity contribution in [1.29, 1.82) is 0 Å². The van der Waals surface area contributed by atoms with Crippen LogP contribution < -0.4 is 10.9 Å². The number of aromatic nitrogens is 2. The smallest absolute Gasteiger partial charge is 0.267 e. The SMILES string of the molecule is CCCCc1ccc(NC(=O)C(C)n2nc(C3CC3)ccc2=O)cc1. The number of nitrogens with zero attached hydrogens (tertiary/aromatic N) is 2. The highest BCUT2D eigenvalue weighted by atomic mass is 16.2. The van der Waals surface area contributed by atoms with Crippen molar-refractivity contribution in [1.82, 2.24) is 9.78 Å². The Bertz CT molecular complexity index is 791. The number of carbonyl (C=O) groups excluding carboxylic acids is 1. The van der Waals surface area contributed by atoms with Crippen molar-refractivity contribution in [3.05, 3.63) is 58.0 Å². The minimum absolute atomic E-state index is 0.233. The van der Waals surface area contributed by atoms with Gasteiger partial charge in [0.05, 0.1) is 5.69 Å². The van der Waals surface area contributed by atoms with Gasteiger partial charge in [-0.05, 0) is 56.4 Å². The van der Waals surface area contributed by atoms with Crippen LogP contribution in [-0.2, 0) is 11.2 Å². The van der Waals surface area contributed by atoms with Crippen molar-refractivity contribution < 1.29 is 4.79 Å². The van der Waals surface area contributed by atoms with Crippen LogP contribution in [0.3, 0.4) is 0 Å². The lowest BCUT2D eigenvalue weighted by molar-refractivity contribution is -0.119. The molecule has 1 atom stereocenters. The molecule has 0 aliphatic heterocycles. The van der Waals surface area contributed by atoms with E-state index < -0.39 is 6.04 Å². The lowest BCUT2D eigenvalue weighted by Crippen LogP contribution is -2.33. The molecular formula is C20H25N3O2. The molecule has 1 heterocycles. The fourth-order valence-corrected chi connectivity index (χ4v) is 2.81. The molecule has 1 aromatic carbocycles. The van der Waals surface area contributed by atoms with E-state index in [1.54, 1.807) is 13.0 Å². The van der Waals surface area contributed by atoms with Crippen LogP contribution in [0.25, 0.3) is 0 Å². The predicted molar refractivity (Wildman–Crippen MR) is 98.9 cm³/mol.